The minimum absolute atomic E-state index is 0.00509. The van der Waals surface area contributed by atoms with Gasteiger partial charge < -0.3 is 24.0 Å². The maximum absolute atomic E-state index is 12.7. The van der Waals surface area contributed by atoms with Gasteiger partial charge in [-0.15, -0.1) is 0 Å². The molecule has 0 saturated carbocycles. The number of anilines is 1. The van der Waals surface area contributed by atoms with Gasteiger partial charge in [-0.25, -0.2) is 0 Å². The molecule has 0 N–H and O–H groups in total. The minimum atomic E-state index is -0.531. The van der Waals surface area contributed by atoms with Gasteiger partial charge in [0.15, 0.2) is 6.10 Å². The van der Waals surface area contributed by atoms with Crippen molar-refractivity contribution in [3.05, 3.63) is 48.5 Å². The lowest BCUT2D eigenvalue weighted by Gasteiger charge is -2.37. The zero-order chi connectivity index (χ0) is 19.2. The summed E-state index contributed by atoms with van der Waals surface area (Å²) in [6, 6.07) is 15.2. The molecule has 1 heterocycles. The van der Waals surface area contributed by atoms with E-state index in [0.717, 1.165) is 30.3 Å². The normalized spacial score (nSPS) is 15.2. The molecule has 1 aliphatic heterocycles. The number of amides is 1. The number of piperazine rings is 1. The quantitative estimate of drug-likeness (QED) is 0.783. The van der Waals surface area contributed by atoms with Gasteiger partial charge in [0, 0.05) is 26.2 Å². The summed E-state index contributed by atoms with van der Waals surface area (Å²) >= 11 is 0. The summed E-state index contributed by atoms with van der Waals surface area (Å²) in [5.74, 6) is 2.28. The van der Waals surface area contributed by atoms with Crippen molar-refractivity contribution >= 4 is 11.6 Å². The summed E-state index contributed by atoms with van der Waals surface area (Å²) in [5.41, 5.74) is 1.06. The van der Waals surface area contributed by atoms with E-state index in [2.05, 4.69) is 4.90 Å². The van der Waals surface area contributed by atoms with Gasteiger partial charge >= 0.3 is 0 Å². The third-order valence-electron chi connectivity index (χ3n) is 4.74. The molecule has 2 aromatic rings. The fourth-order valence-electron chi connectivity index (χ4n) is 3.22. The lowest BCUT2D eigenvalue weighted by molar-refractivity contribution is -0.138. The van der Waals surface area contributed by atoms with Crippen LogP contribution in [-0.2, 0) is 4.79 Å². The summed E-state index contributed by atoms with van der Waals surface area (Å²) in [6.45, 7) is 4.64. The summed E-state index contributed by atoms with van der Waals surface area (Å²) in [5, 5.41) is 0. The Morgan fingerprint density at radius 3 is 2.15 bits per heavy atom. The van der Waals surface area contributed by atoms with Crippen molar-refractivity contribution in [2.45, 2.75) is 13.0 Å². The Bertz CT molecular complexity index is 755. The molecule has 27 heavy (non-hydrogen) atoms. The second kappa shape index (κ2) is 8.66. The first kappa shape index (κ1) is 18.9. The highest BCUT2D eigenvalue weighted by atomic mass is 16.5. The zero-order valence-corrected chi connectivity index (χ0v) is 16.1. The van der Waals surface area contributed by atoms with Crippen molar-refractivity contribution in [2.75, 3.05) is 45.3 Å². The SMILES string of the molecule is COc1ccc(O[C@@H](C)C(=O)N2CCN(c3ccccc3OC)CC2)cc1. The third-order valence-corrected chi connectivity index (χ3v) is 4.74. The highest BCUT2D eigenvalue weighted by Gasteiger charge is 2.27. The molecule has 0 unspecified atom stereocenters. The standard InChI is InChI=1S/C21H26N2O4/c1-16(27-18-10-8-17(25-2)9-11-18)21(24)23-14-12-22(13-15-23)19-6-4-5-7-20(19)26-3/h4-11,16H,12-15H2,1-3H3/t16-/m0/s1. The van der Waals surface area contributed by atoms with Crippen LogP contribution in [0.4, 0.5) is 5.69 Å². The zero-order valence-electron chi connectivity index (χ0n) is 16.1. The van der Waals surface area contributed by atoms with Gasteiger partial charge in [0.25, 0.3) is 5.91 Å². The van der Waals surface area contributed by atoms with Crippen LogP contribution in [0.25, 0.3) is 0 Å². The molecule has 1 saturated heterocycles. The van der Waals surface area contributed by atoms with E-state index in [1.807, 2.05) is 53.4 Å². The molecule has 1 atom stereocenters. The fraction of sp³-hybridized carbons (Fsp3) is 0.381. The molecule has 2 aromatic carbocycles. The van der Waals surface area contributed by atoms with Crippen LogP contribution in [0, 0.1) is 0 Å². The first-order valence-corrected chi connectivity index (χ1v) is 9.10. The second-order valence-corrected chi connectivity index (χ2v) is 6.42. The maximum atomic E-state index is 12.7. The Morgan fingerprint density at radius 1 is 0.889 bits per heavy atom. The Balaban J connectivity index is 1.55. The molecule has 144 valence electrons. The van der Waals surface area contributed by atoms with Crippen LogP contribution < -0.4 is 19.1 Å². The van der Waals surface area contributed by atoms with E-state index in [0.29, 0.717) is 18.8 Å². The summed E-state index contributed by atoms with van der Waals surface area (Å²) < 4.78 is 16.4. The van der Waals surface area contributed by atoms with E-state index in [-0.39, 0.29) is 5.91 Å². The maximum Gasteiger partial charge on any atom is 0.263 e. The number of methoxy groups -OCH3 is 2. The van der Waals surface area contributed by atoms with Crippen LogP contribution in [0.3, 0.4) is 0 Å². The Hall–Kier alpha value is -2.89. The molecule has 6 nitrogen and oxygen atoms in total. The number of ether oxygens (including phenoxy) is 3. The van der Waals surface area contributed by atoms with E-state index in [9.17, 15) is 4.79 Å². The van der Waals surface area contributed by atoms with Gasteiger partial charge in [0.05, 0.1) is 19.9 Å². The number of nitrogens with zero attached hydrogens (tertiary/aromatic N) is 2. The second-order valence-electron chi connectivity index (χ2n) is 6.42. The molecule has 0 bridgehead atoms. The Kier molecular flexibility index (Phi) is 6.06. The number of carbonyl (C=O) groups is 1. The molecular formula is C21H26N2O4. The van der Waals surface area contributed by atoms with Crippen LogP contribution >= 0.6 is 0 Å². The van der Waals surface area contributed by atoms with E-state index in [4.69, 9.17) is 14.2 Å². The molecule has 6 heteroatoms. The van der Waals surface area contributed by atoms with Crippen molar-refractivity contribution in [3.63, 3.8) is 0 Å². The number of para-hydroxylation sites is 2. The van der Waals surface area contributed by atoms with Gasteiger partial charge in [-0.3, -0.25) is 4.79 Å². The summed E-state index contributed by atoms with van der Waals surface area (Å²) in [6.07, 6.45) is -0.531. The lowest BCUT2D eigenvalue weighted by Crippen LogP contribution is -2.52. The molecule has 0 radical (unpaired) electrons. The van der Waals surface area contributed by atoms with Gasteiger partial charge in [0.1, 0.15) is 17.2 Å². The minimum Gasteiger partial charge on any atom is -0.497 e. The monoisotopic (exact) mass is 370 g/mol. The number of carbonyl (C=O) groups excluding carboxylic acids is 1. The molecule has 0 aromatic heterocycles. The largest absolute Gasteiger partial charge is 0.497 e. The summed E-state index contributed by atoms with van der Waals surface area (Å²) in [7, 11) is 3.30. The van der Waals surface area contributed by atoms with E-state index in [1.165, 1.54) is 0 Å². The van der Waals surface area contributed by atoms with Crippen molar-refractivity contribution in [1.29, 1.82) is 0 Å². The first-order chi connectivity index (χ1) is 13.1. The first-order valence-electron chi connectivity index (χ1n) is 9.10. The van der Waals surface area contributed by atoms with Gasteiger partial charge in [-0.05, 0) is 43.3 Å². The van der Waals surface area contributed by atoms with Crippen molar-refractivity contribution < 1.29 is 19.0 Å². The van der Waals surface area contributed by atoms with E-state index < -0.39 is 6.10 Å². The van der Waals surface area contributed by atoms with Crippen LogP contribution in [0.2, 0.25) is 0 Å². The smallest absolute Gasteiger partial charge is 0.263 e. The number of rotatable bonds is 6. The third kappa shape index (κ3) is 4.45. The van der Waals surface area contributed by atoms with E-state index in [1.54, 1.807) is 21.1 Å². The molecular weight excluding hydrogens is 344 g/mol. The average Bonchev–Trinajstić information content (AvgIpc) is 2.73. The van der Waals surface area contributed by atoms with Crippen LogP contribution in [0.15, 0.2) is 48.5 Å². The fourth-order valence-corrected chi connectivity index (χ4v) is 3.22. The summed E-state index contributed by atoms with van der Waals surface area (Å²) in [4.78, 5) is 16.8. The average molecular weight is 370 g/mol. The molecule has 1 amide bonds. The van der Waals surface area contributed by atoms with Crippen LogP contribution in [-0.4, -0.2) is 57.3 Å². The predicted octanol–water partition coefficient (Wildman–Crippen LogP) is 2.82. The topological polar surface area (TPSA) is 51.2 Å². The molecule has 1 fully saturated rings. The van der Waals surface area contributed by atoms with Crippen molar-refractivity contribution in [2.24, 2.45) is 0 Å². The number of hydrogen-bond acceptors (Lipinski definition) is 5. The lowest BCUT2D eigenvalue weighted by atomic mass is 10.2. The van der Waals surface area contributed by atoms with E-state index >= 15 is 0 Å². The number of benzene rings is 2. The van der Waals surface area contributed by atoms with Gasteiger partial charge in [-0.1, -0.05) is 12.1 Å². The Morgan fingerprint density at radius 2 is 1.52 bits per heavy atom. The van der Waals surface area contributed by atoms with Gasteiger partial charge in [-0.2, -0.15) is 0 Å². The Labute approximate surface area is 160 Å². The number of hydrogen-bond donors (Lipinski definition) is 0. The highest BCUT2D eigenvalue weighted by Crippen LogP contribution is 2.28. The highest BCUT2D eigenvalue weighted by molar-refractivity contribution is 5.81. The molecule has 0 aliphatic carbocycles. The molecule has 0 spiro atoms. The molecule has 1 aliphatic rings. The van der Waals surface area contributed by atoms with Crippen LogP contribution in [0.5, 0.6) is 17.2 Å². The van der Waals surface area contributed by atoms with Gasteiger partial charge in [0.2, 0.25) is 0 Å². The van der Waals surface area contributed by atoms with Crippen LogP contribution in [0.1, 0.15) is 6.92 Å². The van der Waals surface area contributed by atoms with Crippen molar-refractivity contribution in [1.82, 2.24) is 4.90 Å². The molecule has 3 rings (SSSR count). The predicted molar refractivity (Wildman–Crippen MR) is 105 cm³/mol. The van der Waals surface area contributed by atoms with Crippen molar-refractivity contribution in [3.8, 4) is 17.2 Å².